The fourth-order valence-electron chi connectivity index (χ4n) is 1.73. The van der Waals surface area contributed by atoms with Crippen molar-refractivity contribution in [3.63, 3.8) is 0 Å². The molecule has 0 aliphatic carbocycles. The number of hydrogen-bond donors (Lipinski definition) is 3. The van der Waals surface area contributed by atoms with Crippen LogP contribution in [0.5, 0.6) is 0 Å². The molecule has 0 bridgehead atoms. The minimum absolute atomic E-state index is 0.322. The van der Waals surface area contributed by atoms with Crippen LogP contribution in [0.2, 0.25) is 0 Å². The first-order valence-corrected chi connectivity index (χ1v) is 6.90. The molecule has 0 amide bonds. The molecule has 1 rings (SSSR count). The van der Waals surface area contributed by atoms with E-state index in [1.54, 1.807) is 11.9 Å². The van der Waals surface area contributed by atoms with Crippen LogP contribution in [0.1, 0.15) is 0 Å². The molecule has 1 aliphatic rings. The van der Waals surface area contributed by atoms with Crippen LogP contribution in [0.3, 0.4) is 0 Å². The van der Waals surface area contributed by atoms with Crippen LogP contribution < -0.4 is 5.32 Å². The SMILES string of the molecule is CNC(O)(CO)N1CCN(S(C)(=O)=O)CC1. The van der Waals surface area contributed by atoms with Gasteiger partial charge in [-0.1, -0.05) is 0 Å². The van der Waals surface area contributed by atoms with Crippen molar-refractivity contribution < 1.29 is 18.6 Å². The summed E-state index contributed by atoms with van der Waals surface area (Å²) in [4.78, 5) is 1.62. The molecule has 1 atom stereocenters. The van der Waals surface area contributed by atoms with Crippen molar-refractivity contribution >= 4 is 10.0 Å². The maximum Gasteiger partial charge on any atom is 0.211 e. The largest absolute Gasteiger partial charge is 0.390 e. The predicted octanol–water partition coefficient (Wildman–Crippen LogP) is -2.58. The molecule has 16 heavy (non-hydrogen) atoms. The predicted molar refractivity (Wildman–Crippen MR) is 59.1 cm³/mol. The van der Waals surface area contributed by atoms with E-state index >= 15 is 0 Å². The molecule has 3 N–H and O–H groups in total. The third-order valence-electron chi connectivity index (χ3n) is 2.85. The van der Waals surface area contributed by atoms with Gasteiger partial charge in [0.25, 0.3) is 0 Å². The number of likely N-dealkylation sites (N-methyl/N-ethyl adjacent to an activating group) is 1. The maximum absolute atomic E-state index is 11.3. The summed E-state index contributed by atoms with van der Waals surface area (Å²) in [6.45, 7) is 0.962. The molecule has 1 aliphatic heterocycles. The number of aliphatic hydroxyl groups is 2. The summed E-state index contributed by atoms with van der Waals surface area (Å²) < 4.78 is 23.9. The van der Waals surface area contributed by atoms with Crippen LogP contribution in [-0.4, -0.2) is 79.8 Å². The Morgan fingerprint density at radius 3 is 2.12 bits per heavy atom. The van der Waals surface area contributed by atoms with Crippen LogP contribution in [-0.2, 0) is 10.0 Å². The molecule has 96 valence electrons. The highest BCUT2D eigenvalue weighted by molar-refractivity contribution is 7.88. The van der Waals surface area contributed by atoms with Crippen LogP contribution in [0.4, 0.5) is 0 Å². The monoisotopic (exact) mass is 253 g/mol. The summed E-state index contributed by atoms with van der Waals surface area (Å²) in [5.74, 6) is -1.47. The lowest BCUT2D eigenvalue weighted by Gasteiger charge is -2.42. The maximum atomic E-state index is 11.3. The average molecular weight is 253 g/mol. The first-order valence-electron chi connectivity index (χ1n) is 5.06. The average Bonchev–Trinajstić information content (AvgIpc) is 2.27. The van der Waals surface area contributed by atoms with Crippen molar-refractivity contribution in [3.05, 3.63) is 0 Å². The zero-order valence-electron chi connectivity index (χ0n) is 9.55. The molecule has 1 saturated heterocycles. The molecular formula is C8H19N3O4S. The van der Waals surface area contributed by atoms with Crippen molar-refractivity contribution in [1.29, 1.82) is 0 Å². The Bertz CT molecular complexity index is 320. The zero-order valence-corrected chi connectivity index (χ0v) is 10.4. The van der Waals surface area contributed by atoms with E-state index in [0.717, 1.165) is 0 Å². The van der Waals surface area contributed by atoms with Gasteiger partial charge in [0, 0.05) is 26.2 Å². The van der Waals surface area contributed by atoms with Gasteiger partial charge in [0.05, 0.1) is 6.26 Å². The Kier molecular flexibility index (Phi) is 4.27. The van der Waals surface area contributed by atoms with Gasteiger partial charge in [-0.3, -0.25) is 10.2 Å². The fourth-order valence-corrected chi connectivity index (χ4v) is 2.55. The second kappa shape index (κ2) is 4.94. The summed E-state index contributed by atoms with van der Waals surface area (Å²) in [5.41, 5.74) is 0. The zero-order chi connectivity index (χ0) is 12.4. The number of nitrogens with one attached hydrogen (secondary N) is 1. The lowest BCUT2D eigenvalue weighted by molar-refractivity contribution is -0.164. The number of sulfonamides is 1. The van der Waals surface area contributed by atoms with Crippen molar-refractivity contribution in [2.75, 3.05) is 46.1 Å². The topological polar surface area (TPSA) is 93.1 Å². The minimum Gasteiger partial charge on any atom is -0.390 e. The summed E-state index contributed by atoms with van der Waals surface area (Å²) in [5, 5.41) is 21.6. The van der Waals surface area contributed by atoms with Gasteiger partial charge in [-0.05, 0) is 7.05 Å². The second-order valence-electron chi connectivity index (χ2n) is 3.87. The van der Waals surface area contributed by atoms with Crippen molar-refractivity contribution in [1.82, 2.24) is 14.5 Å². The molecule has 0 spiro atoms. The number of rotatable bonds is 4. The Labute approximate surface area is 95.7 Å². The summed E-state index contributed by atoms with van der Waals surface area (Å²) >= 11 is 0. The van der Waals surface area contributed by atoms with Crippen LogP contribution in [0.15, 0.2) is 0 Å². The second-order valence-corrected chi connectivity index (χ2v) is 5.86. The molecule has 0 saturated carbocycles. The Balaban J connectivity index is 2.62. The van der Waals surface area contributed by atoms with Crippen molar-refractivity contribution in [2.45, 2.75) is 5.85 Å². The number of nitrogens with zero attached hydrogens (tertiary/aromatic N) is 2. The fraction of sp³-hybridized carbons (Fsp3) is 1.00. The molecule has 8 heteroatoms. The highest BCUT2D eigenvalue weighted by Crippen LogP contribution is 2.13. The van der Waals surface area contributed by atoms with Gasteiger partial charge in [0.1, 0.15) is 6.61 Å². The quantitative estimate of drug-likeness (QED) is 0.477. The van der Waals surface area contributed by atoms with E-state index in [2.05, 4.69) is 5.32 Å². The third kappa shape index (κ3) is 2.90. The van der Waals surface area contributed by atoms with E-state index in [1.807, 2.05) is 0 Å². The van der Waals surface area contributed by atoms with Gasteiger partial charge in [-0.15, -0.1) is 0 Å². The first-order chi connectivity index (χ1) is 7.33. The Morgan fingerprint density at radius 1 is 1.31 bits per heavy atom. The van der Waals surface area contributed by atoms with E-state index in [0.29, 0.717) is 26.2 Å². The summed E-state index contributed by atoms with van der Waals surface area (Å²) in [6.07, 6.45) is 1.17. The van der Waals surface area contributed by atoms with Crippen molar-refractivity contribution in [3.8, 4) is 0 Å². The van der Waals surface area contributed by atoms with Gasteiger partial charge in [0.2, 0.25) is 10.0 Å². The van der Waals surface area contributed by atoms with E-state index in [1.165, 1.54) is 10.6 Å². The molecule has 0 radical (unpaired) electrons. The molecular weight excluding hydrogens is 234 g/mol. The molecule has 0 aromatic rings. The molecule has 7 nitrogen and oxygen atoms in total. The smallest absolute Gasteiger partial charge is 0.211 e. The number of hydrogen-bond acceptors (Lipinski definition) is 6. The van der Waals surface area contributed by atoms with Crippen LogP contribution in [0, 0.1) is 0 Å². The highest BCUT2D eigenvalue weighted by Gasteiger charge is 2.35. The molecule has 0 aromatic carbocycles. The van der Waals surface area contributed by atoms with Gasteiger partial charge in [-0.2, -0.15) is 4.31 Å². The lowest BCUT2D eigenvalue weighted by atomic mass is 10.3. The van der Waals surface area contributed by atoms with Crippen molar-refractivity contribution in [2.24, 2.45) is 0 Å². The van der Waals surface area contributed by atoms with E-state index < -0.39 is 22.5 Å². The van der Waals surface area contributed by atoms with Gasteiger partial charge >= 0.3 is 0 Å². The summed E-state index contributed by atoms with van der Waals surface area (Å²) in [6, 6.07) is 0. The molecule has 1 fully saturated rings. The first kappa shape index (κ1) is 13.8. The minimum atomic E-state index is -3.17. The normalized spacial score (nSPS) is 24.2. The molecule has 1 heterocycles. The Hall–Kier alpha value is -0.250. The highest BCUT2D eigenvalue weighted by atomic mass is 32.2. The molecule has 0 aromatic heterocycles. The van der Waals surface area contributed by atoms with Crippen LogP contribution >= 0.6 is 0 Å². The molecule has 1 unspecified atom stereocenters. The summed E-state index contributed by atoms with van der Waals surface area (Å²) in [7, 11) is -1.63. The van der Waals surface area contributed by atoms with Gasteiger partial charge in [0.15, 0.2) is 5.85 Å². The standard InChI is InChI=1S/C8H19N3O4S/c1-9-8(13,7-12)10-3-5-11(6-4-10)16(2,14)15/h9,12-13H,3-7H2,1-2H3. The van der Waals surface area contributed by atoms with Crippen LogP contribution in [0.25, 0.3) is 0 Å². The van der Waals surface area contributed by atoms with E-state index in [-0.39, 0.29) is 0 Å². The van der Waals surface area contributed by atoms with E-state index in [4.69, 9.17) is 5.11 Å². The van der Waals surface area contributed by atoms with Gasteiger partial charge in [-0.25, -0.2) is 8.42 Å². The Morgan fingerprint density at radius 2 is 1.81 bits per heavy atom. The number of piperazine rings is 1. The lowest BCUT2D eigenvalue weighted by Crippen LogP contribution is -2.65. The number of aliphatic hydroxyl groups excluding tert-OH is 1. The van der Waals surface area contributed by atoms with Gasteiger partial charge < -0.3 is 10.2 Å². The van der Waals surface area contributed by atoms with E-state index in [9.17, 15) is 13.5 Å². The third-order valence-corrected chi connectivity index (χ3v) is 4.15.